The van der Waals surface area contributed by atoms with Crippen molar-refractivity contribution >= 4 is 23.0 Å². The maximum atomic E-state index is 15.6. The molecule has 0 fully saturated rings. The van der Waals surface area contributed by atoms with E-state index in [0.29, 0.717) is 11.5 Å². The molecule has 0 amide bonds. The molecule has 0 saturated heterocycles. The second-order valence-corrected chi connectivity index (χ2v) is 17.1. The molecule has 0 bridgehead atoms. The molecule has 7 aromatic carbocycles. The van der Waals surface area contributed by atoms with Crippen LogP contribution in [0.3, 0.4) is 0 Å². The van der Waals surface area contributed by atoms with E-state index in [1.807, 2.05) is 18.2 Å². The Morgan fingerprint density at radius 2 is 1.12 bits per heavy atom. The minimum Gasteiger partial charge on any atom is -0.420 e. The quantitative estimate of drug-likeness (QED) is 0.114. The average molecular weight is 762 g/mol. The SMILES string of the molecule is CCc1ccc(C(C)C)cc1-c1ccc(OC(=O)c2ccc(N(c3ccc4c(c3)C(C)(C)c3ccccc3-4)c3ccc4c(c3)C(C)(C)c3ccccc3-4)cc2)c(F)c1. The van der Waals surface area contributed by atoms with Gasteiger partial charge in [0.05, 0.1) is 5.56 Å². The molecular formula is C54H48FNO2. The summed E-state index contributed by atoms with van der Waals surface area (Å²) in [4.78, 5) is 15.8. The minimum absolute atomic E-state index is 0.0963. The number of aryl methyl sites for hydroxylation is 1. The number of anilines is 3. The van der Waals surface area contributed by atoms with Crippen molar-refractivity contribution < 1.29 is 13.9 Å². The summed E-state index contributed by atoms with van der Waals surface area (Å²) < 4.78 is 21.3. The molecule has 0 radical (unpaired) electrons. The van der Waals surface area contributed by atoms with Crippen LogP contribution in [0.5, 0.6) is 5.75 Å². The van der Waals surface area contributed by atoms with E-state index in [1.54, 1.807) is 18.2 Å². The van der Waals surface area contributed by atoms with Gasteiger partial charge in [-0.25, -0.2) is 9.18 Å². The first-order valence-corrected chi connectivity index (χ1v) is 20.4. The fourth-order valence-corrected chi connectivity index (χ4v) is 9.30. The van der Waals surface area contributed by atoms with E-state index in [1.165, 1.54) is 56.1 Å². The van der Waals surface area contributed by atoms with Crippen LogP contribution in [0.2, 0.25) is 0 Å². The summed E-state index contributed by atoms with van der Waals surface area (Å²) in [6.07, 6.45) is 0.830. The lowest BCUT2D eigenvalue weighted by Crippen LogP contribution is -2.18. The summed E-state index contributed by atoms with van der Waals surface area (Å²) in [7, 11) is 0. The molecular weight excluding hydrogens is 714 g/mol. The number of rotatable bonds is 8. The van der Waals surface area contributed by atoms with Gasteiger partial charge in [-0.3, -0.25) is 0 Å². The molecule has 2 aliphatic rings. The fraction of sp³-hybridized carbons (Fsp3) is 0.204. The largest absolute Gasteiger partial charge is 0.420 e. The highest BCUT2D eigenvalue weighted by Gasteiger charge is 2.37. The number of benzene rings is 7. The van der Waals surface area contributed by atoms with Crippen molar-refractivity contribution in [3.05, 3.63) is 190 Å². The van der Waals surface area contributed by atoms with Gasteiger partial charge in [0.25, 0.3) is 0 Å². The van der Waals surface area contributed by atoms with Gasteiger partial charge in [0, 0.05) is 27.9 Å². The van der Waals surface area contributed by atoms with E-state index < -0.39 is 11.8 Å². The molecule has 0 heterocycles. The Kier molecular flexibility index (Phi) is 9.00. The van der Waals surface area contributed by atoms with Gasteiger partial charge in [-0.15, -0.1) is 0 Å². The number of fused-ring (bicyclic) bond motifs is 6. The van der Waals surface area contributed by atoms with Crippen LogP contribution in [-0.4, -0.2) is 5.97 Å². The minimum atomic E-state index is -0.616. The monoisotopic (exact) mass is 761 g/mol. The molecule has 0 atom stereocenters. The lowest BCUT2D eigenvalue weighted by Gasteiger charge is -2.29. The second kappa shape index (κ2) is 14.0. The number of carbonyl (C=O) groups excluding carboxylic acids is 1. The van der Waals surface area contributed by atoms with Crippen molar-refractivity contribution in [2.24, 2.45) is 0 Å². The number of ether oxygens (including phenoxy) is 1. The molecule has 58 heavy (non-hydrogen) atoms. The molecule has 0 saturated carbocycles. The first-order chi connectivity index (χ1) is 27.9. The Hall–Kier alpha value is -6.26. The smallest absolute Gasteiger partial charge is 0.343 e. The summed E-state index contributed by atoms with van der Waals surface area (Å²) in [5.41, 5.74) is 17.3. The van der Waals surface area contributed by atoms with Crippen LogP contribution in [0.4, 0.5) is 21.5 Å². The van der Waals surface area contributed by atoms with Gasteiger partial charge < -0.3 is 9.64 Å². The average Bonchev–Trinajstić information content (AvgIpc) is 3.60. The molecule has 2 aliphatic carbocycles. The van der Waals surface area contributed by atoms with Crippen molar-refractivity contribution in [3.63, 3.8) is 0 Å². The standard InChI is InChI=1S/C54H48FNO2/c1-8-34-17-18-36(33(2)3)29-45(34)37-21-28-51(50(55)30-37)58-52(57)35-19-22-38(23-20-35)56(39-24-26-43-41-13-9-11-15-46(41)53(4,5)48(43)31-39)40-25-27-44-42-14-10-12-16-47(42)54(6,7)49(44)32-40/h9-33H,8H2,1-7H3. The van der Waals surface area contributed by atoms with Gasteiger partial charge in [0.1, 0.15) is 0 Å². The van der Waals surface area contributed by atoms with Gasteiger partial charge in [0.15, 0.2) is 11.6 Å². The zero-order chi connectivity index (χ0) is 40.5. The molecule has 4 heteroatoms. The number of hydrogen-bond acceptors (Lipinski definition) is 3. The fourth-order valence-electron chi connectivity index (χ4n) is 9.30. The van der Waals surface area contributed by atoms with E-state index in [-0.39, 0.29) is 16.6 Å². The van der Waals surface area contributed by atoms with Gasteiger partial charge in [-0.2, -0.15) is 0 Å². The predicted molar refractivity (Wildman–Crippen MR) is 237 cm³/mol. The van der Waals surface area contributed by atoms with Crippen LogP contribution in [0.25, 0.3) is 33.4 Å². The Morgan fingerprint density at radius 1 is 0.586 bits per heavy atom. The maximum Gasteiger partial charge on any atom is 0.343 e. The predicted octanol–water partition coefficient (Wildman–Crippen LogP) is 14.5. The maximum absolute atomic E-state index is 15.6. The second-order valence-electron chi connectivity index (χ2n) is 17.1. The zero-order valence-corrected chi connectivity index (χ0v) is 34.3. The summed E-state index contributed by atoms with van der Waals surface area (Å²) in [5, 5.41) is 0. The molecule has 0 N–H and O–H groups in total. The highest BCUT2D eigenvalue weighted by Crippen LogP contribution is 2.53. The van der Waals surface area contributed by atoms with Crippen LogP contribution in [-0.2, 0) is 17.3 Å². The van der Waals surface area contributed by atoms with Crippen molar-refractivity contribution in [2.75, 3.05) is 4.90 Å². The lowest BCUT2D eigenvalue weighted by molar-refractivity contribution is 0.0728. The van der Waals surface area contributed by atoms with Gasteiger partial charge in [-0.05, 0) is 140 Å². The molecule has 9 rings (SSSR count). The Morgan fingerprint density at radius 3 is 1.66 bits per heavy atom. The molecule has 0 unspecified atom stereocenters. The van der Waals surface area contributed by atoms with Gasteiger partial charge in [-0.1, -0.05) is 133 Å². The first kappa shape index (κ1) is 37.3. The number of nitrogens with zero attached hydrogens (tertiary/aromatic N) is 1. The van der Waals surface area contributed by atoms with Crippen LogP contribution in [0.15, 0.2) is 146 Å². The number of hydrogen-bond donors (Lipinski definition) is 0. The third-order valence-electron chi connectivity index (χ3n) is 12.6. The first-order valence-electron chi connectivity index (χ1n) is 20.4. The van der Waals surface area contributed by atoms with Crippen molar-refractivity contribution in [3.8, 4) is 39.1 Å². The normalized spacial score (nSPS) is 14.1. The molecule has 7 aromatic rings. The summed E-state index contributed by atoms with van der Waals surface area (Å²) >= 11 is 0. The zero-order valence-electron chi connectivity index (χ0n) is 34.3. The van der Waals surface area contributed by atoms with Gasteiger partial charge in [0.2, 0.25) is 0 Å². The van der Waals surface area contributed by atoms with Crippen LogP contribution >= 0.6 is 0 Å². The molecule has 0 spiro atoms. The van der Waals surface area contributed by atoms with Crippen molar-refractivity contribution in [1.82, 2.24) is 0 Å². The van der Waals surface area contributed by atoms with Crippen LogP contribution in [0.1, 0.15) is 98.1 Å². The highest BCUT2D eigenvalue weighted by molar-refractivity contribution is 5.93. The lowest BCUT2D eigenvalue weighted by atomic mass is 9.82. The third-order valence-corrected chi connectivity index (χ3v) is 12.6. The molecule has 288 valence electrons. The van der Waals surface area contributed by atoms with E-state index in [4.69, 9.17) is 4.74 Å². The Bertz CT molecular complexity index is 2650. The molecule has 0 aliphatic heterocycles. The Labute approximate surface area is 341 Å². The van der Waals surface area contributed by atoms with Crippen molar-refractivity contribution in [2.45, 2.75) is 71.6 Å². The number of halogens is 1. The summed E-state index contributed by atoms with van der Waals surface area (Å²) in [5.74, 6) is -0.935. The van der Waals surface area contributed by atoms with Crippen molar-refractivity contribution in [1.29, 1.82) is 0 Å². The van der Waals surface area contributed by atoms with E-state index in [2.05, 4.69) is 156 Å². The van der Waals surface area contributed by atoms with E-state index in [9.17, 15) is 4.79 Å². The van der Waals surface area contributed by atoms with E-state index >= 15 is 4.39 Å². The number of carbonyl (C=O) groups is 1. The van der Waals surface area contributed by atoms with Crippen LogP contribution < -0.4 is 9.64 Å². The molecule has 0 aromatic heterocycles. The third kappa shape index (κ3) is 6.05. The van der Waals surface area contributed by atoms with Crippen LogP contribution in [0, 0.1) is 5.82 Å². The summed E-state index contributed by atoms with van der Waals surface area (Å²) in [6, 6.07) is 49.6. The summed E-state index contributed by atoms with van der Waals surface area (Å²) in [6.45, 7) is 15.6. The highest BCUT2D eigenvalue weighted by atomic mass is 19.1. The van der Waals surface area contributed by atoms with E-state index in [0.717, 1.165) is 40.2 Å². The number of esters is 1. The Balaban J connectivity index is 1.06. The molecule has 3 nitrogen and oxygen atoms in total. The van der Waals surface area contributed by atoms with Gasteiger partial charge >= 0.3 is 5.97 Å². The topological polar surface area (TPSA) is 29.5 Å².